The molecule has 1 unspecified atom stereocenters. The highest BCUT2D eigenvalue weighted by molar-refractivity contribution is 5.71. The van der Waals surface area contributed by atoms with Crippen LogP contribution in [0.25, 0.3) is 0 Å². The largest absolute Gasteiger partial charge is 0.462 e. The topological polar surface area (TPSA) is 78.9 Å². The second-order valence-corrected chi connectivity index (χ2v) is 23.4. The molecule has 472 valence electrons. The van der Waals surface area contributed by atoms with E-state index in [9.17, 15) is 14.4 Å². The minimum atomic E-state index is -0.775. The van der Waals surface area contributed by atoms with Crippen LogP contribution in [0.5, 0.6) is 0 Å². The van der Waals surface area contributed by atoms with Crippen molar-refractivity contribution in [2.45, 2.75) is 354 Å². The summed E-state index contributed by atoms with van der Waals surface area (Å²) in [5.74, 6) is -0.857. The fourth-order valence-electron chi connectivity index (χ4n) is 10.1. The number of allylic oxidation sites excluding steroid dienone is 16. The molecule has 0 aromatic carbocycles. The van der Waals surface area contributed by atoms with E-state index in [1.807, 2.05) is 0 Å². The Bertz CT molecular complexity index is 1590. The van der Waals surface area contributed by atoms with Gasteiger partial charge in [-0.15, -0.1) is 0 Å². The molecule has 0 aromatic rings. The van der Waals surface area contributed by atoms with E-state index in [0.717, 1.165) is 109 Å². The van der Waals surface area contributed by atoms with Crippen molar-refractivity contribution in [3.8, 4) is 0 Å². The van der Waals surface area contributed by atoms with Gasteiger partial charge in [-0.25, -0.2) is 0 Å². The quantitative estimate of drug-likeness (QED) is 0.0261. The third-order valence-electron chi connectivity index (χ3n) is 15.4. The van der Waals surface area contributed by atoms with Crippen LogP contribution >= 0.6 is 0 Å². The number of carbonyl (C=O) groups is 3. The smallest absolute Gasteiger partial charge is 0.306 e. The monoisotopic (exact) mass is 1140 g/mol. The molecule has 0 aromatic heterocycles. The first-order chi connectivity index (χ1) is 40.5. The Morgan fingerprint density at radius 1 is 0.256 bits per heavy atom. The Morgan fingerprint density at radius 2 is 0.476 bits per heavy atom. The average molecular weight is 1140 g/mol. The van der Waals surface area contributed by atoms with E-state index in [1.54, 1.807) is 0 Å². The van der Waals surface area contributed by atoms with Gasteiger partial charge in [-0.05, 0) is 83.5 Å². The van der Waals surface area contributed by atoms with Crippen molar-refractivity contribution in [2.24, 2.45) is 0 Å². The molecule has 0 bridgehead atoms. The Labute approximate surface area is 508 Å². The summed E-state index contributed by atoms with van der Waals surface area (Å²) >= 11 is 0. The molecule has 6 nitrogen and oxygen atoms in total. The standard InChI is InChI=1S/C76H132O6/c1-4-7-10-13-16-19-22-25-27-29-30-31-32-33-34-35-36-37-38-39-40-41-42-43-44-45-46-47-49-51-54-57-60-63-66-69-75(78)81-72-73(71-80-74(77)68-65-62-59-56-53-50-24-21-18-15-12-9-6-3)82-76(79)70-67-64-61-58-55-52-48-28-26-23-20-17-14-11-8-5-2/h7,10,16,19,25,27,30-31,33-34,36-37,39-40,42-43,73H,4-6,8-9,11-15,17-18,20-24,26,28-29,32,35,38,41,44-72H2,1-3H3/b10-7-,19-16-,27-25-,31-30-,34-33-,37-36-,40-39-,43-42-. The maximum atomic E-state index is 12.9. The first kappa shape index (κ1) is 78.3. The number of unbranched alkanes of at least 4 members (excludes halogenated alkanes) is 37. The van der Waals surface area contributed by atoms with Gasteiger partial charge >= 0.3 is 17.9 Å². The zero-order chi connectivity index (χ0) is 59.2. The normalized spacial score (nSPS) is 12.7. The van der Waals surface area contributed by atoms with Crippen LogP contribution in [-0.2, 0) is 28.6 Å². The van der Waals surface area contributed by atoms with Crippen LogP contribution in [0.15, 0.2) is 97.2 Å². The fourth-order valence-corrected chi connectivity index (χ4v) is 10.1. The molecule has 82 heavy (non-hydrogen) atoms. The molecule has 0 N–H and O–H groups in total. The average Bonchev–Trinajstić information content (AvgIpc) is 3.47. The van der Waals surface area contributed by atoms with Crippen molar-refractivity contribution >= 4 is 17.9 Å². The number of ether oxygens (including phenoxy) is 3. The number of carbonyl (C=O) groups excluding carboxylic acids is 3. The Balaban J connectivity index is 4.20. The third-order valence-corrected chi connectivity index (χ3v) is 15.4. The predicted octanol–water partition coefficient (Wildman–Crippen LogP) is 24.4. The lowest BCUT2D eigenvalue weighted by molar-refractivity contribution is -0.167. The Hall–Kier alpha value is -3.67. The molecule has 0 rings (SSSR count). The molecule has 1 atom stereocenters. The molecular weight excluding hydrogens is 1010 g/mol. The summed E-state index contributed by atoms with van der Waals surface area (Å²) in [7, 11) is 0. The minimum Gasteiger partial charge on any atom is -0.462 e. The van der Waals surface area contributed by atoms with Crippen molar-refractivity contribution in [1.29, 1.82) is 0 Å². The van der Waals surface area contributed by atoms with Gasteiger partial charge in [0.2, 0.25) is 0 Å². The van der Waals surface area contributed by atoms with Gasteiger partial charge < -0.3 is 14.2 Å². The SMILES string of the molecule is CC/C=C\C/C=C\C/C=C\C/C=C\C/C=C\C/C=C\C/C=C\C/C=C\CCCCCCCCCCCCC(=O)OCC(COC(=O)CCCCCCCCCCCCCCC)OC(=O)CCCCCCCCCCCCCCCCCC. The van der Waals surface area contributed by atoms with E-state index in [0.29, 0.717) is 19.3 Å². The van der Waals surface area contributed by atoms with E-state index < -0.39 is 6.10 Å². The first-order valence-corrected chi connectivity index (χ1v) is 35.2. The van der Waals surface area contributed by atoms with E-state index >= 15 is 0 Å². The van der Waals surface area contributed by atoms with Crippen LogP contribution < -0.4 is 0 Å². The van der Waals surface area contributed by atoms with E-state index in [2.05, 4.69) is 118 Å². The minimum absolute atomic E-state index is 0.0720. The fraction of sp³-hybridized carbons (Fsp3) is 0.750. The summed E-state index contributed by atoms with van der Waals surface area (Å²) < 4.78 is 17.0. The van der Waals surface area contributed by atoms with E-state index in [-0.39, 0.29) is 31.1 Å². The van der Waals surface area contributed by atoms with Crippen molar-refractivity contribution in [3.63, 3.8) is 0 Å². The predicted molar refractivity (Wildman–Crippen MR) is 357 cm³/mol. The van der Waals surface area contributed by atoms with Gasteiger partial charge in [-0.2, -0.15) is 0 Å². The summed E-state index contributed by atoms with van der Waals surface area (Å²) in [6.45, 7) is 6.57. The molecule has 0 amide bonds. The molecule has 0 heterocycles. The van der Waals surface area contributed by atoms with Crippen LogP contribution in [-0.4, -0.2) is 37.2 Å². The van der Waals surface area contributed by atoms with Crippen molar-refractivity contribution < 1.29 is 28.6 Å². The second-order valence-electron chi connectivity index (χ2n) is 23.4. The molecule has 0 aliphatic rings. The third kappa shape index (κ3) is 67.1. The molecule has 0 fully saturated rings. The van der Waals surface area contributed by atoms with Gasteiger partial charge in [-0.3, -0.25) is 14.4 Å². The van der Waals surface area contributed by atoms with E-state index in [4.69, 9.17) is 14.2 Å². The van der Waals surface area contributed by atoms with Crippen LogP contribution in [0.2, 0.25) is 0 Å². The molecular formula is C76H132O6. The van der Waals surface area contributed by atoms with Gasteiger partial charge in [0.15, 0.2) is 6.10 Å². The Morgan fingerprint density at radius 3 is 0.744 bits per heavy atom. The van der Waals surface area contributed by atoms with Crippen LogP contribution in [0.1, 0.15) is 348 Å². The van der Waals surface area contributed by atoms with Gasteiger partial charge in [0.25, 0.3) is 0 Å². The lowest BCUT2D eigenvalue weighted by Crippen LogP contribution is -2.30. The maximum Gasteiger partial charge on any atom is 0.306 e. The second kappa shape index (κ2) is 69.8. The van der Waals surface area contributed by atoms with Crippen molar-refractivity contribution in [2.75, 3.05) is 13.2 Å². The van der Waals surface area contributed by atoms with E-state index in [1.165, 1.54) is 199 Å². The molecule has 0 aliphatic heterocycles. The van der Waals surface area contributed by atoms with Crippen LogP contribution in [0.3, 0.4) is 0 Å². The zero-order valence-electron chi connectivity index (χ0n) is 54.2. The lowest BCUT2D eigenvalue weighted by Gasteiger charge is -2.18. The zero-order valence-corrected chi connectivity index (χ0v) is 54.2. The summed E-state index contributed by atoms with van der Waals surface area (Å²) in [5.41, 5.74) is 0. The maximum absolute atomic E-state index is 12.9. The number of hydrogen-bond donors (Lipinski definition) is 0. The van der Waals surface area contributed by atoms with Crippen LogP contribution in [0, 0.1) is 0 Å². The summed E-state index contributed by atoms with van der Waals surface area (Å²) in [6, 6.07) is 0. The number of esters is 3. The number of rotatable bonds is 64. The summed E-state index contributed by atoms with van der Waals surface area (Å²) in [6.07, 6.45) is 94.3. The molecule has 0 aliphatic carbocycles. The van der Waals surface area contributed by atoms with Gasteiger partial charge in [0.1, 0.15) is 13.2 Å². The van der Waals surface area contributed by atoms with Gasteiger partial charge in [-0.1, -0.05) is 343 Å². The highest BCUT2D eigenvalue weighted by Crippen LogP contribution is 2.17. The first-order valence-electron chi connectivity index (χ1n) is 35.2. The van der Waals surface area contributed by atoms with Crippen molar-refractivity contribution in [3.05, 3.63) is 97.2 Å². The lowest BCUT2D eigenvalue weighted by atomic mass is 10.0. The number of hydrogen-bond acceptors (Lipinski definition) is 6. The Kier molecular flexibility index (Phi) is 66.7. The van der Waals surface area contributed by atoms with Crippen molar-refractivity contribution in [1.82, 2.24) is 0 Å². The summed E-state index contributed by atoms with van der Waals surface area (Å²) in [4.78, 5) is 38.4. The molecule has 0 saturated heterocycles. The van der Waals surface area contributed by atoms with Crippen LogP contribution in [0.4, 0.5) is 0 Å². The molecule has 6 heteroatoms. The molecule has 0 spiro atoms. The van der Waals surface area contributed by atoms with Gasteiger partial charge in [0.05, 0.1) is 0 Å². The highest BCUT2D eigenvalue weighted by atomic mass is 16.6. The van der Waals surface area contributed by atoms with Gasteiger partial charge in [0, 0.05) is 19.3 Å². The molecule has 0 radical (unpaired) electrons. The summed E-state index contributed by atoms with van der Waals surface area (Å²) in [5, 5.41) is 0. The highest BCUT2D eigenvalue weighted by Gasteiger charge is 2.19. The molecule has 0 saturated carbocycles.